The van der Waals surface area contributed by atoms with E-state index >= 15 is 0 Å². The lowest BCUT2D eigenvalue weighted by atomic mass is 10.1. The van der Waals surface area contributed by atoms with Gasteiger partial charge in [0.1, 0.15) is 0 Å². The Morgan fingerprint density at radius 3 is 2.61 bits per heavy atom. The topological polar surface area (TPSA) is 59.1 Å². The van der Waals surface area contributed by atoms with Crippen molar-refractivity contribution in [1.29, 1.82) is 0 Å². The van der Waals surface area contributed by atoms with Crippen molar-refractivity contribution in [2.24, 2.45) is 5.92 Å². The Morgan fingerprint density at radius 1 is 1.10 bits per heavy atom. The number of unbranched alkanes of at least 4 members (excludes halogenated alkanes) is 1. The number of rotatable bonds is 10. The number of nitrogens with zero attached hydrogens (tertiary/aromatic N) is 2. The van der Waals surface area contributed by atoms with Gasteiger partial charge in [-0.2, -0.15) is 0 Å². The lowest BCUT2D eigenvalue weighted by Crippen LogP contribution is -2.43. The first kappa shape index (κ1) is 21.7. The van der Waals surface area contributed by atoms with Crippen molar-refractivity contribution < 1.29 is 19.1 Å². The summed E-state index contributed by atoms with van der Waals surface area (Å²) < 4.78 is 10.9. The second kappa shape index (κ2) is 9.73. The van der Waals surface area contributed by atoms with Crippen molar-refractivity contribution in [1.82, 2.24) is 9.80 Å². The van der Waals surface area contributed by atoms with Crippen LogP contribution in [0.4, 0.5) is 0 Å². The van der Waals surface area contributed by atoms with Gasteiger partial charge in [-0.1, -0.05) is 19.4 Å². The summed E-state index contributed by atoms with van der Waals surface area (Å²) in [7, 11) is 0. The van der Waals surface area contributed by atoms with Crippen LogP contribution in [0.2, 0.25) is 0 Å². The molecule has 0 N–H and O–H groups in total. The van der Waals surface area contributed by atoms with Crippen molar-refractivity contribution in [2.75, 3.05) is 19.9 Å². The van der Waals surface area contributed by atoms with Gasteiger partial charge in [0.25, 0.3) is 0 Å². The molecule has 31 heavy (non-hydrogen) atoms. The van der Waals surface area contributed by atoms with Gasteiger partial charge in [-0.15, -0.1) is 11.3 Å². The smallest absolute Gasteiger partial charge is 0.242 e. The molecule has 4 rings (SSSR count). The van der Waals surface area contributed by atoms with Gasteiger partial charge < -0.3 is 19.3 Å². The van der Waals surface area contributed by atoms with Gasteiger partial charge in [-0.25, -0.2) is 0 Å². The average Bonchev–Trinajstić information content (AvgIpc) is 3.38. The van der Waals surface area contributed by atoms with Crippen molar-refractivity contribution >= 4 is 23.2 Å². The first-order valence-corrected chi connectivity index (χ1v) is 11.9. The third-order valence-corrected chi connectivity index (χ3v) is 6.82. The van der Waals surface area contributed by atoms with Crippen LogP contribution >= 0.6 is 11.3 Å². The van der Waals surface area contributed by atoms with Crippen LogP contribution in [0.15, 0.2) is 29.6 Å². The summed E-state index contributed by atoms with van der Waals surface area (Å²) in [6, 6.07) is 7.88. The lowest BCUT2D eigenvalue weighted by Gasteiger charge is -2.28. The number of benzene rings is 1. The second-order valence-electron chi connectivity index (χ2n) is 8.35. The minimum absolute atomic E-state index is 0.0180. The number of fused-ring (bicyclic) bond motifs is 1. The molecule has 2 amide bonds. The zero-order valence-corrected chi connectivity index (χ0v) is 19.1. The number of carbonyl (C=O) groups excluding carboxylic acids is 2. The predicted molar refractivity (Wildman–Crippen MR) is 120 cm³/mol. The Balaban J connectivity index is 1.51. The Morgan fingerprint density at radius 2 is 1.90 bits per heavy atom. The maximum atomic E-state index is 13.4. The highest BCUT2D eigenvalue weighted by Gasteiger charge is 2.34. The number of hydrogen-bond donors (Lipinski definition) is 0. The zero-order chi connectivity index (χ0) is 21.8. The molecule has 0 atom stereocenters. The summed E-state index contributed by atoms with van der Waals surface area (Å²) >= 11 is 1.66. The van der Waals surface area contributed by atoms with Crippen LogP contribution in [0.25, 0.3) is 0 Å². The summed E-state index contributed by atoms with van der Waals surface area (Å²) in [6.45, 7) is 6.19. The Hall–Kier alpha value is -2.54. The first-order valence-electron chi connectivity index (χ1n) is 11.0. The number of aryl methyl sites for hydroxylation is 1. The summed E-state index contributed by atoms with van der Waals surface area (Å²) in [5, 5.41) is 2.05. The summed E-state index contributed by atoms with van der Waals surface area (Å²) in [5.41, 5.74) is 2.17. The van der Waals surface area contributed by atoms with Crippen molar-refractivity contribution in [3.63, 3.8) is 0 Å². The van der Waals surface area contributed by atoms with Crippen LogP contribution < -0.4 is 9.47 Å². The molecule has 7 heteroatoms. The van der Waals surface area contributed by atoms with Crippen molar-refractivity contribution in [2.45, 2.75) is 52.6 Å². The Kier molecular flexibility index (Phi) is 6.80. The molecular weight excluding hydrogens is 412 g/mol. The maximum Gasteiger partial charge on any atom is 0.242 e. The lowest BCUT2D eigenvalue weighted by molar-refractivity contribution is -0.142. The molecule has 1 aromatic heterocycles. The monoisotopic (exact) mass is 442 g/mol. The SMILES string of the molecule is CCCCN(CC(=O)N(Cc1ccc2c(c1)OCO2)Cc1sccc1C)C(=O)C1CC1. The number of amides is 2. The molecule has 1 aliphatic heterocycles. The number of carbonyl (C=O) groups is 2. The highest BCUT2D eigenvalue weighted by Crippen LogP contribution is 2.33. The van der Waals surface area contributed by atoms with Crippen LogP contribution in [-0.2, 0) is 22.7 Å². The fourth-order valence-corrected chi connectivity index (χ4v) is 4.62. The molecule has 0 radical (unpaired) electrons. The van der Waals surface area contributed by atoms with Gasteiger partial charge in [-0.05, 0) is 60.9 Å². The zero-order valence-electron chi connectivity index (χ0n) is 18.3. The van der Waals surface area contributed by atoms with Gasteiger partial charge in [-0.3, -0.25) is 9.59 Å². The Bertz CT molecular complexity index is 937. The summed E-state index contributed by atoms with van der Waals surface area (Å²) in [5.74, 6) is 1.68. The minimum Gasteiger partial charge on any atom is -0.454 e. The molecule has 166 valence electrons. The standard InChI is InChI=1S/C24H30N2O4S/c1-3-4-10-25(24(28)19-6-7-19)15-23(27)26(14-22-17(2)9-11-31-22)13-18-5-8-20-21(12-18)30-16-29-20/h5,8-9,11-12,19H,3-4,6-7,10,13-16H2,1-2H3. The molecule has 0 bridgehead atoms. The normalized spacial score (nSPS) is 14.5. The van der Waals surface area contributed by atoms with Crippen LogP contribution in [0.5, 0.6) is 11.5 Å². The van der Waals surface area contributed by atoms with E-state index in [4.69, 9.17) is 9.47 Å². The van der Waals surface area contributed by atoms with E-state index in [-0.39, 0.29) is 31.1 Å². The molecule has 1 aromatic carbocycles. The molecule has 1 fully saturated rings. The fraction of sp³-hybridized carbons (Fsp3) is 0.500. The van der Waals surface area contributed by atoms with Crippen LogP contribution in [-0.4, -0.2) is 41.5 Å². The van der Waals surface area contributed by atoms with E-state index in [0.717, 1.165) is 37.0 Å². The van der Waals surface area contributed by atoms with E-state index in [0.29, 0.717) is 25.4 Å². The average molecular weight is 443 g/mol. The third-order valence-electron chi connectivity index (χ3n) is 5.81. The molecule has 1 saturated carbocycles. The van der Waals surface area contributed by atoms with Gasteiger partial charge in [0.2, 0.25) is 18.6 Å². The van der Waals surface area contributed by atoms with Crippen LogP contribution in [0.1, 0.15) is 48.6 Å². The van der Waals surface area contributed by atoms with Crippen molar-refractivity contribution in [3.8, 4) is 11.5 Å². The summed E-state index contributed by atoms with van der Waals surface area (Å²) in [4.78, 5) is 31.0. The highest BCUT2D eigenvalue weighted by molar-refractivity contribution is 7.10. The number of hydrogen-bond acceptors (Lipinski definition) is 5. The second-order valence-corrected chi connectivity index (χ2v) is 9.35. The predicted octanol–water partition coefficient (Wildman–Crippen LogP) is 4.35. The molecule has 6 nitrogen and oxygen atoms in total. The molecule has 2 aliphatic rings. The van der Waals surface area contributed by atoms with E-state index in [1.165, 1.54) is 10.4 Å². The van der Waals surface area contributed by atoms with Crippen LogP contribution in [0, 0.1) is 12.8 Å². The van der Waals surface area contributed by atoms with Gasteiger partial charge in [0.05, 0.1) is 13.1 Å². The molecule has 0 spiro atoms. The molecule has 1 aliphatic carbocycles. The van der Waals surface area contributed by atoms with Gasteiger partial charge in [0, 0.05) is 23.9 Å². The van der Waals surface area contributed by atoms with E-state index in [2.05, 4.69) is 25.3 Å². The molecule has 2 heterocycles. The molecular formula is C24H30N2O4S. The summed E-state index contributed by atoms with van der Waals surface area (Å²) in [6.07, 6.45) is 3.81. The first-order chi connectivity index (χ1) is 15.0. The highest BCUT2D eigenvalue weighted by atomic mass is 32.1. The molecule has 0 unspecified atom stereocenters. The largest absolute Gasteiger partial charge is 0.454 e. The third kappa shape index (κ3) is 5.39. The number of ether oxygens (including phenoxy) is 2. The van der Waals surface area contributed by atoms with E-state index in [1.54, 1.807) is 16.2 Å². The molecule has 0 saturated heterocycles. The van der Waals surface area contributed by atoms with E-state index in [9.17, 15) is 9.59 Å². The molecule has 2 aromatic rings. The van der Waals surface area contributed by atoms with Crippen molar-refractivity contribution in [3.05, 3.63) is 45.6 Å². The van der Waals surface area contributed by atoms with E-state index in [1.807, 2.05) is 23.1 Å². The minimum atomic E-state index is -0.0180. The number of thiophene rings is 1. The fourth-order valence-electron chi connectivity index (χ4n) is 3.70. The quantitative estimate of drug-likeness (QED) is 0.549. The van der Waals surface area contributed by atoms with Crippen LogP contribution in [0.3, 0.4) is 0 Å². The van der Waals surface area contributed by atoms with Gasteiger partial charge in [0.15, 0.2) is 11.5 Å². The van der Waals surface area contributed by atoms with E-state index < -0.39 is 0 Å². The van der Waals surface area contributed by atoms with Gasteiger partial charge >= 0.3 is 0 Å². The maximum absolute atomic E-state index is 13.4. The Labute approximate surface area is 187 Å².